The highest BCUT2D eigenvalue weighted by molar-refractivity contribution is 4.77. The molecule has 0 amide bonds. The van der Waals surface area contributed by atoms with Gasteiger partial charge in [-0.3, -0.25) is 0 Å². The van der Waals surface area contributed by atoms with Gasteiger partial charge in [0, 0.05) is 32.8 Å². The molecule has 1 atom stereocenters. The van der Waals surface area contributed by atoms with Gasteiger partial charge in [0.15, 0.2) is 0 Å². The zero-order chi connectivity index (χ0) is 12.5. The normalized spacial score (nSPS) is 21.5. The van der Waals surface area contributed by atoms with Crippen molar-refractivity contribution in [3.05, 3.63) is 0 Å². The molecule has 0 aliphatic carbocycles. The van der Waals surface area contributed by atoms with E-state index in [1.165, 1.54) is 26.1 Å². The van der Waals surface area contributed by atoms with Crippen LogP contribution in [-0.2, 0) is 4.74 Å². The van der Waals surface area contributed by atoms with Crippen LogP contribution in [-0.4, -0.2) is 50.8 Å². The molecule has 17 heavy (non-hydrogen) atoms. The Balaban J connectivity index is 1.90. The number of hydrogen-bond donors (Lipinski definition) is 1. The summed E-state index contributed by atoms with van der Waals surface area (Å²) >= 11 is 0. The Hall–Kier alpha value is -0.120. The Labute approximate surface area is 107 Å². The van der Waals surface area contributed by atoms with Crippen molar-refractivity contribution in [3.63, 3.8) is 0 Å². The molecule has 1 aliphatic rings. The van der Waals surface area contributed by atoms with E-state index in [-0.39, 0.29) is 0 Å². The van der Waals surface area contributed by atoms with E-state index in [4.69, 9.17) is 4.74 Å². The van der Waals surface area contributed by atoms with Gasteiger partial charge in [-0.15, -0.1) is 0 Å². The summed E-state index contributed by atoms with van der Waals surface area (Å²) in [5.41, 5.74) is 0. The maximum Gasteiger partial charge on any atom is 0.0477 e. The Morgan fingerprint density at radius 1 is 1.35 bits per heavy atom. The van der Waals surface area contributed by atoms with Crippen molar-refractivity contribution < 1.29 is 4.74 Å². The average molecular weight is 242 g/mol. The molecule has 1 saturated heterocycles. The number of hydrogen-bond acceptors (Lipinski definition) is 3. The number of nitrogens with zero attached hydrogens (tertiary/aromatic N) is 1. The molecule has 1 unspecified atom stereocenters. The van der Waals surface area contributed by atoms with Gasteiger partial charge in [0.05, 0.1) is 0 Å². The molecule has 102 valence electrons. The van der Waals surface area contributed by atoms with Gasteiger partial charge in [-0.2, -0.15) is 0 Å². The van der Waals surface area contributed by atoms with Crippen LogP contribution in [0.3, 0.4) is 0 Å². The van der Waals surface area contributed by atoms with Crippen LogP contribution in [0, 0.1) is 11.8 Å². The summed E-state index contributed by atoms with van der Waals surface area (Å²) < 4.78 is 5.30. The lowest BCUT2D eigenvalue weighted by atomic mass is 9.95. The van der Waals surface area contributed by atoms with Crippen molar-refractivity contribution >= 4 is 0 Å². The second-order valence-electron chi connectivity index (χ2n) is 5.39. The second-order valence-corrected chi connectivity index (χ2v) is 5.39. The number of likely N-dealkylation sites (tertiary alicyclic amines) is 1. The molecule has 1 N–H and O–H groups in total. The highest BCUT2D eigenvalue weighted by Crippen LogP contribution is 2.22. The highest BCUT2D eigenvalue weighted by Gasteiger charge is 2.23. The molecule has 0 saturated carbocycles. The van der Waals surface area contributed by atoms with Crippen molar-refractivity contribution in [2.45, 2.75) is 33.6 Å². The fraction of sp³-hybridized carbons (Fsp3) is 1.00. The van der Waals surface area contributed by atoms with Gasteiger partial charge in [-0.05, 0) is 44.7 Å². The minimum Gasteiger partial charge on any atom is -0.382 e. The summed E-state index contributed by atoms with van der Waals surface area (Å²) in [4.78, 5) is 2.60. The van der Waals surface area contributed by atoms with E-state index in [9.17, 15) is 0 Å². The largest absolute Gasteiger partial charge is 0.382 e. The number of ether oxygens (including phenoxy) is 1. The first-order valence-electron chi connectivity index (χ1n) is 7.24. The molecular formula is C14H30N2O. The standard InChI is InChI=1S/C14H30N2O/c1-4-17-11-5-7-15-8-10-16-9-6-14(12-16)13(2)3/h13-15H,4-12H2,1-3H3. The molecule has 1 fully saturated rings. The molecule has 1 aliphatic heterocycles. The van der Waals surface area contributed by atoms with Crippen molar-refractivity contribution in [3.8, 4) is 0 Å². The summed E-state index contributed by atoms with van der Waals surface area (Å²) in [5.74, 6) is 1.77. The number of rotatable bonds is 9. The first-order valence-corrected chi connectivity index (χ1v) is 7.24. The van der Waals surface area contributed by atoms with Gasteiger partial charge >= 0.3 is 0 Å². The van der Waals surface area contributed by atoms with Gasteiger partial charge in [0.2, 0.25) is 0 Å². The van der Waals surface area contributed by atoms with Crippen LogP contribution in [0.1, 0.15) is 33.6 Å². The average Bonchev–Trinajstić information content (AvgIpc) is 2.77. The van der Waals surface area contributed by atoms with Crippen molar-refractivity contribution in [2.24, 2.45) is 11.8 Å². The van der Waals surface area contributed by atoms with E-state index in [1.54, 1.807) is 0 Å². The molecule has 1 rings (SSSR count). The molecule has 3 heteroatoms. The molecule has 1 heterocycles. The van der Waals surface area contributed by atoms with E-state index < -0.39 is 0 Å². The van der Waals surface area contributed by atoms with E-state index >= 15 is 0 Å². The molecule has 0 aromatic heterocycles. The molecule has 3 nitrogen and oxygen atoms in total. The first kappa shape index (κ1) is 14.9. The van der Waals surface area contributed by atoms with Crippen LogP contribution < -0.4 is 5.32 Å². The molecule has 0 aromatic carbocycles. The molecule has 0 bridgehead atoms. The molecular weight excluding hydrogens is 212 g/mol. The van der Waals surface area contributed by atoms with E-state index in [1.807, 2.05) is 6.92 Å². The number of nitrogens with one attached hydrogen (secondary N) is 1. The monoisotopic (exact) mass is 242 g/mol. The van der Waals surface area contributed by atoms with Gasteiger partial charge in [-0.25, -0.2) is 0 Å². The minimum absolute atomic E-state index is 0.838. The fourth-order valence-corrected chi connectivity index (χ4v) is 2.42. The molecule has 0 spiro atoms. The third-order valence-electron chi connectivity index (χ3n) is 3.70. The van der Waals surface area contributed by atoms with Crippen molar-refractivity contribution in [1.29, 1.82) is 0 Å². The summed E-state index contributed by atoms with van der Waals surface area (Å²) in [5, 5.41) is 3.49. The van der Waals surface area contributed by atoms with Gasteiger partial charge in [0.25, 0.3) is 0 Å². The van der Waals surface area contributed by atoms with Gasteiger partial charge in [-0.1, -0.05) is 13.8 Å². The molecule has 0 aromatic rings. The van der Waals surface area contributed by atoms with Crippen LogP contribution in [0.2, 0.25) is 0 Å². The van der Waals surface area contributed by atoms with Gasteiger partial charge in [0.1, 0.15) is 0 Å². The zero-order valence-electron chi connectivity index (χ0n) is 11.9. The second kappa shape index (κ2) is 8.90. The third-order valence-corrected chi connectivity index (χ3v) is 3.70. The summed E-state index contributed by atoms with van der Waals surface area (Å²) in [6.45, 7) is 14.5. The Morgan fingerprint density at radius 2 is 2.18 bits per heavy atom. The summed E-state index contributed by atoms with van der Waals surface area (Å²) in [7, 11) is 0. The maximum atomic E-state index is 5.30. The molecule has 0 radical (unpaired) electrons. The SMILES string of the molecule is CCOCCCNCCN1CCC(C(C)C)C1. The lowest BCUT2D eigenvalue weighted by Crippen LogP contribution is -2.31. The highest BCUT2D eigenvalue weighted by atomic mass is 16.5. The zero-order valence-corrected chi connectivity index (χ0v) is 11.9. The predicted octanol–water partition coefficient (Wildman–Crippen LogP) is 1.98. The third kappa shape index (κ3) is 6.39. The van der Waals surface area contributed by atoms with Gasteiger partial charge < -0.3 is 15.0 Å². The smallest absolute Gasteiger partial charge is 0.0477 e. The lowest BCUT2D eigenvalue weighted by Gasteiger charge is -2.18. The maximum absolute atomic E-state index is 5.30. The Bertz CT molecular complexity index is 185. The first-order chi connectivity index (χ1) is 8.24. The summed E-state index contributed by atoms with van der Waals surface area (Å²) in [6.07, 6.45) is 2.52. The van der Waals surface area contributed by atoms with Crippen molar-refractivity contribution in [2.75, 3.05) is 45.9 Å². The van der Waals surface area contributed by atoms with Crippen LogP contribution in [0.15, 0.2) is 0 Å². The van der Waals surface area contributed by atoms with E-state index in [2.05, 4.69) is 24.1 Å². The summed E-state index contributed by atoms with van der Waals surface area (Å²) in [6, 6.07) is 0. The Morgan fingerprint density at radius 3 is 2.82 bits per heavy atom. The minimum atomic E-state index is 0.838. The van der Waals surface area contributed by atoms with Crippen LogP contribution in [0.5, 0.6) is 0 Å². The van der Waals surface area contributed by atoms with Crippen LogP contribution in [0.25, 0.3) is 0 Å². The van der Waals surface area contributed by atoms with Crippen molar-refractivity contribution in [1.82, 2.24) is 10.2 Å². The Kier molecular flexibility index (Phi) is 7.82. The fourth-order valence-electron chi connectivity index (χ4n) is 2.42. The lowest BCUT2D eigenvalue weighted by molar-refractivity contribution is 0.144. The van der Waals surface area contributed by atoms with Crippen LogP contribution >= 0.6 is 0 Å². The van der Waals surface area contributed by atoms with E-state index in [0.29, 0.717) is 0 Å². The topological polar surface area (TPSA) is 24.5 Å². The van der Waals surface area contributed by atoms with Crippen LogP contribution in [0.4, 0.5) is 0 Å². The van der Waals surface area contributed by atoms with E-state index in [0.717, 1.165) is 44.6 Å². The quantitative estimate of drug-likeness (QED) is 0.626. The predicted molar refractivity (Wildman–Crippen MR) is 73.4 cm³/mol.